The number of benzene rings is 2. The van der Waals surface area contributed by atoms with Gasteiger partial charge >= 0.3 is 0 Å². The third-order valence-electron chi connectivity index (χ3n) is 4.82. The van der Waals surface area contributed by atoms with Crippen LogP contribution in [0.3, 0.4) is 0 Å². The molecule has 2 aliphatic rings. The van der Waals surface area contributed by atoms with Gasteiger partial charge in [0.05, 0.1) is 0 Å². The number of alkyl halides is 1. The first-order valence-electron chi connectivity index (χ1n) is 8.30. The summed E-state index contributed by atoms with van der Waals surface area (Å²) in [4.78, 5) is 8.83. The molecular weight excluding hydrogens is 410 g/mol. The van der Waals surface area contributed by atoms with E-state index in [9.17, 15) is 5.11 Å². The monoisotopic (exact) mass is 423 g/mol. The van der Waals surface area contributed by atoms with E-state index in [1.165, 1.54) is 0 Å². The van der Waals surface area contributed by atoms with Crippen molar-refractivity contribution in [1.29, 1.82) is 0 Å². The number of phenols is 1. The van der Waals surface area contributed by atoms with Gasteiger partial charge < -0.3 is 20.3 Å². The molecule has 3 heterocycles. The molecule has 5 rings (SSSR count). The van der Waals surface area contributed by atoms with Gasteiger partial charge in [0, 0.05) is 29.1 Å². The highest BCUT2D eigenvalue weighted by Gasteiger charge is 2.53. The second-order valence-corrected chi connectivity index (χ2v) is 7.22. The number of phenolic OH excluding ortho intramolecular Hbond substituents is 1. The zero-order chi connectivity index (χ0) is 18.6. The van der Waals surface area contributed by atoms with E-state index in [-0.39, 0.29) is 11.8 Å². The van der Waals surface area contributed by atoms with Crippen LogP contribution in [0.15, 0.2) is 65.9 Å². The number of aromatic nitrogens is 1. The Labute approximate surface area is 163 Å². The van der Waals surface area contributed by atoms with Crippen LogP contribution < -0.4 is 10.5 Å². The number of hydrogen-bond donors (Lipinski definition) is 2. The minimum Gasteiger partial charge on any atom is -0.508 e. The molecular formula is C20H14BrN3O3. The van der Waals surface area contributed by atoms with Crippen molar-refractivity contribution in [3.63, 3.8) is 0 Å². The fourth-order valence-corrected chi connectivity index (χ4v) is 4.39. The number of fused-ring (bicyclic) bond motifs is 4. The van der Waals surface area contributed by atoms with Crippen molar-refractivity contribution in [2.24, 2.45) is 10.7 Å². The first-order chi connectivity index (χ1) is 13.1. The molecule has 2 atom stereocenters. The average Bonchev–Trinajstić information content (AvgIpc) is 2.98. The van der Waals surface area contributed by atoms with E-state index in [1.54, 1.807) is 30.6 Å². The lowest BCUT2D eigenvalue weighted by Gasteiger charge is -2.36. The number of aromatic hydroxyl groups is 1. The third kappa shape index (κ3) is 2.31. The lowest BCUT2D eigenvalue weighted by atomic mass is 9.80. The van der Waals surface area contributed by atoms with E-state index in [4.69, 9.17) is 15.2 Å². The van der Waals surface area contributed by atoms with Crippen LogP contribution in [0.25, 0.3) is 11.1 Å². The summed E-state index contributed by atoms with van der Waals surface area (Å²) in [5.74, 6) is 1.37. The van der Waals surface area contributed by atoms with Gasteiger partial charge in [-0.2, -0.15) is 0 Å². The molecule has 3 N–H and O–H groups in total. The Kier molecular flexibility index (Phi) is 3.42. The number of halogens is 1. The van der Waals surface area contributed by atoms with Gasteiger partial charge in [0.25, 0.3) is 6.02 Å². The smallest absolute Gasteiger partial charge is 0.284 e. The van der Waals surface area contributed by atoms with Crippen molar-refractivity contribution >= 4 is 22.0 Å². The summed E-state index contributed by atoms with van der Waals surface area (Å²) in [5, 5.41) is 9.52. The summed E-state index contributed by atoms with van der Waals surface area (Å²) < 4.78 is 11.7. The highest BCUT2D eigenvalue weighted by atomic mass is 79.9. The van der Waals surface area contributed by atoms with Crippen LogP contribution in [0, 0.1) is 0 Å². The minimum atomic E-state index is -0.968. The molecule has 2 aromatic carbocycles. The topological polar surface area (TPSA) is 90.0 Å². The third-order valence-corrected chi connectivity index (χ3v) is 5.67. The van der Waals surface area contributed by atoms with Gasteiger partial charge in [-0.05, 0) is 57.9 Å². The van der Waals surface area contributed by atoms with Gasteiger partial charge in [-0.3, -0.25) is 4.98 Å². The first-order valence-corrected chi connectivity index (χ1v) is 9.22. The number of nitrogens with two attached hydrogens (primary N) is 1. The molecule has 0 radical (unpaired) electrons. The average molecular weight is 424 g/mol. The fourth-order valence-electron chi connectivity index (χ4n) is 3.61. The molecule has 0 aliphatic carbocycles. The van der Waals surface area contributed by atoms with Crippen molar-refractivity contribution in [1.82, 2.24) is 4.98 Å². The maximum Gasteiger partial charge on any atom is 0.284 e. The molecule has 0 amide bonds. The SMILES string of the molecule is NC1=NC2(c3cc(O)ccc3Oc3ccc(-c4cccnc4)cc32)[C@H](Br)O1. The molecule has 1 unspecified atom stereocenters. The summed E-state index contributed by atoms with van der Waals surface area (Å²) in [6.45, 7) is 0. The Hall–Kier alpha value is -3.06. The van der Waals surface area contributed by atoms with E-state index < -0.39 is 10.6 Å². The van der Waals surface area contributed by atoms with Crippen LogP contribution in [0.4, 0.5) is 0 Å². The molecule has 27 heavy (non-hydrogen) atoms. The number of aliphatic imine (C=N–C) groups is 1. The largest absolute Gasteiger partial charge is 0.508 e. The number of nitrogens with zero attached hydrogens (tertiary/aromatic N) is 2. The Balaban J connectivity index is 1.79. The van der Waals surface area contributed by atoms with Gasteiger partial charge in [-0.25, -0.2) is 4.99 Å². The Bertz CT molecular complexity index is 1090. The second kappa shape index (κ2) is 5.72. The van der Waals surface area contributed by atoms with Crippen molar-refractivity contribution in [2.75, 3.05) is 0 Å². The molecule has 7 heteroatoms. The molecule has 3 aromatic rings. The molecule has 0 bridgehead atoms. The first kappa shape index (κ1) is 16.1. The fraction of sp³-hybridized carbons (Fsp3) is 0.100. The van der Waals surface area contributed by atoms with Crippen molar-refractivity contribution in [3.05, 3.63) is 72.1 Å². The van der Waals surface area contributed by atoms with Gasteiger partial charge in [0.15, 0.2) is 10.6 Å². The summed E-state index contributed by atoms with van der Waals surface area (Å²) in [6.07, 6.45) is 3.53. The molecule has 0 fully saturated rings. The summed E-state index contributed by atoms with van der Waals surface area (Å²) in [7, 11) is 0. The van der Waals surface area contributed by atoms with Crippen molar-refractivity contribution in [3.8, 4) is 28.4 Å². The summed E-state index contributed by atoms with van der Waals surface area (Å²) in [5.41, 5.74) is 8.36. The van der Waals surface area contributed by atoms with E-state index in [2.05, 4.69) is 25.9 Å². The van der Waals surface area contributed by atoms with Gasteiger partial charge in [0.1, 0.15) is 17.2 Å². The maximum absolute atomic E-state index is 10.1. The maximum atomic E-state index is 10.1. The number of pyridine rings is 1. The van der Waals surface area contributed by atoms with Gasteiger partial charge in [-0.1, -0.05) is 12.1 Å². The minimum absolute atomic E-state index is 0.0748. The number of amidine groups is 1. The Morgan fingerprint density at radius 1 is 1.04 bits per heavy atom. The summed E-state index contributed by atoms with van der Waals surface area (Å²) >= 11 is 3.58. The molecule has 134 valence electrons. The standard InChI is InChI=1S/C20H14BrN3O3/c21-18-20(24-19(22)27-18)14-8-11(12-2-1-7-23-10-12)3-5-16(14)26-17-6-4-13(25)9-15(17)20/h1-10,18,25H,(H2,22,24)/t18-,20?/m1/s1. The van der Waals surface area contributed by atoms with E-state index in [0.717, 1.165) is 16.7 Å². The van der Waals surface area contributed by atoms with E-state index >= 15 is 0 Å². The van der Waals surface area contributed by atoms with Crippen molar-refractivity contribution in [2.45, 2.75) is 10.6 Å². The van der Waals surface area contributed by atoms with Crippen LogP contribution in [0.1, 0.15) is 11.1 Å². The molecule has 6 nitrogen and oxygen atoms in total. The number of ether oxygens (including phenoxy) is 2. The quantitative estimate of drug-likeness (QED) is 0.579. The number of rotatable bonds is 1. The van der Waals surface area contributed by atoms with Crippen LogP contribution >= 0.6 is 15.9 Å². The lowest BCUT2D eigenvalue weighted by Crippen LogP contribution is -2.35. The Morgan fingerprint density at radius 3 is 2.52 bits per heavy atom. The second-order valence-electron chi connectivity index (χ2n) is 6.39. The van der Waals surface area contributed by atoms with Crippen molar-refractivity contribution < 1.29 is 14.6 Å². The van der Waals surface area contributed by atoms with Crippen LogP contribution in [0.5, 0.6) is 17.2 Å². The van der Waals surface area contributed by atoms with Crippen LogP contribution in [-0.4, -0.2) is 21.1 Å². The molecule has 1 aromatic heterocycles. The predicted molar refractivity (Wildman–Crippen MR) is 104 cm³/mol. The lowest BCUT2D eigenvalue weighted by molar-refractivity contribution is 0.237. The molecule has 2 aliphatic heterocycles. The van der Waals surface area contributed by atoms with Crippen LogP contribution in [-0.2, 0) is 10.3 Å². The molecule has 0 saturated heterocycles. The van der Waals surface area contributed by atoms with Gasteiger partial charge in [0.2, 0.25) is 0 Å². The Morgan fingerprint density at radius 2 is 1.81 bits per heavy atom. The molecule has 1 spiro atoms. The van der Waals surface area contributed by atoms with Gasteiger partial charge in [-0.15, -0.1) is 0 Å². The van der Waals surface area contributed by atoms with Crippen LogP contribution in [0.2, 0.25) is 0 Å². The zero-order valence-electron chi connectivity index (χ0n) is 14.0. The zero-order valence-corrected chi connectivity index (χ0v) is 15.6. The van der Waals surface area contributed by atoms with E-state index in [0.29, 0.717) is 17.1 Å². The molecule has 0 saturated carbocycles. The predicted octanol–water partition coefficient (Wildman–Crippen LogP) is 3.87. The normalized spacial score (nSPS) is 22.4. The number of hydrogen-bond acceptors (Lipinski definition) is 6. The summed E-state index contributed by atoms with van der Waals surface area (Å²) in [6, 6.07) is 14.7. The van der Waals surface area contributed by atoms with E-state index in [1.807, 2.05) is 30.3 Å². The highest BCUT2D eigenvalue weighted by Crippen LogP contribution is 2.55. The highest BCUT2D eigenvalue weighted by molar-refractivity contribution is 9.09.